The minimum absolute atomic E-state index is 0.0171. The molecule has 8 heteroatoms. The standard InChI is InChI=1S/C57H56N6O2/c1-33-30-45-50(52-40-23-11-15-27-47(40)65-53(33)52)38-21-9-13-25-43(38)63(45)57-41(56-60-54(34-16-4-2-5-17-34)59-55(61-56)35-18-6-3-7-19-35)31-36(32-58-57)62-42-24-12-8-20-37(42)49-44(62)28-29-48-51(49)39-22-10-14-26-46(39)64-48/h2-6,8,10-12,15-16,18,21-25,27,31-34,37,39,46,52-55,59H,7,9,13-14,17,19-20,26,28-30H2,1H3,(H,60,61). The summed E-state index contributed by atoms with van der Waals surface area (Å²) in [5.41, 5.74) is 13.3. The fourth-order valence-electron chi connectivity index (χ4n) is 13.4. The Morgan fingerprint density at radius 1 is 0.846 bits per heavy atom. The van der Waals surface area contributed by atoms with Gasteiger partial charge in [-0.25, -0.2) is 9.98 Å². The third kappa shape index (κ3) is 5.84. The van der Waals surface area contributed by atoms with Gasteiger partial charge in [-0.15, -0.1) is 0 Å². The Kier molecular flexibility index (Phi) is 8.79. The van der Waals surface area contributed by atoms with Crippen molar-refractivity contribution in [3.8, 4) is 11.6 Å². The van der Waals surface area contributed by atoms with Crippen LogP contribution in [0.25, 0.3) is 18.0 Å². The van der Waals surface area contributed by atoms with Crippen LogP contribution in [0.15, 0.2) is 148 Å². The highest BCUT2D eigenvalue weighted by Gasteiger charge is 2.49. The van der Waals surface area contributed by atoms with Crippen LogP contribution in [-0.2, 0) is 11.2 Å². The first-order valence-corrected chi connectivity index (χ1v) is 24.6. The van der Waals surface area contributed by atoms with E-state index in [0.717, 1.165) is 99.3 Å². The number of rotatable bonds is 5. The quantitative estimate of drug-likeness (QED) is 0.250. The lowest BCUT2D eigenvalue weighted by molar-refractivity contribution is 0.108. The van der Waals surface area contributed by atoms with E-state index in [1.807, 2.05) is 0 Å². The average Bonchev–Trinajstić information content (AvgIpc) is 4.12. The third-order valence-corrected chi connectivity index (χ3v) is 16.3. The Morgan fingerprint density at radius 3 is 2.69 bits per heavy atom. The molecule has 0 spiro atoms. The molecule has 8 nitrogen and oxygen atoms in total. The van der Waals surface area contributed by atoms with Crippen molar-refractivity contribution >= 4 is 23.7 Å². The molecule has 7 aliphatic carbocycles. The van der Waals surface area contributed by atoms with Crippen molar-refractivity contribution in [1.82, 2.24) is 20.2 Å². The van der Waals surface area contributed by atoms with Gasteiger partial charge in [0.15, 0.2) is 0 Å². The van der Waals surface area contributed by atoms with Crippen molar-refractivity contribution in [3.05, 3.63) is 176 Å². The van der Waals surface area contributed by atoms with Crippen LogP contribution in [0.2, 0.25) is 0 Å². The monoisotopic (exact) mass is 856 g/mol. The SMILES string of the molecule is CC1Cc2c(c3c(n2-c2ncc(N4C5=CC=CCC5C5=C4CCC4=C5C5C=CCCC5O4)cc2C2=NC(C4=CC=CCC4)NC(C4C=CC=CC4)N2)=CCCC=3)C2c3ccccc3OC12. The number of ether oxygens (including phenoxy) is 2. The van der Waals surface area contributed by atoms with E-state index in [2.05, 4.69) is 149 Å². The van der Waals surface area contributed by atoms with Gasteiger partial charge < -0.3 is 19.7 Å². The summed E-state index contributed by atoms with van der Waals surface area (Å²) in [4.78, 5) is 14.0. The normalized spacial score (nSPS) is 31.9. The molecule has 1 aromatic carbocycles. The largest absolute Gasteiger partial charge is 0.493 e. The summed E-state index contributed by atoms with van der Waals surface area (Å²) in [7, 11) is 0. The number of amidine groups is 1. The van der Waals surface area contributed by atoms with E-state index in [4.69, 9.17) is 19.5 Å². The fraction of sp³-hybridized carbons (Fsp3) is 0.368. The number of aromatic nitrogens is 2. The van der Waals surface area contributed by atoms with Crippen LogP contribution in [-0.4, -0.2) is 39.9 Å². The molecule has 2 aromatic heterocycles. The predicted molar refractivity (Wildman–Crippen MR) is 258 cm³/mol. The van der Waals surface area contributed by atoms with Crippen LogP contribution in [0.3, 0.4) is 0 Å². The van der Waals surface area contributed by atoms with Gasteiger partial charge >= 0.3 is 0 Å². The smallest absolute Gasteiger partial charge is 0.148 e. The number of para-hydroxylation sites is 1. The zero-order valence-electron chi connectivity index (χ0n) is 37.1. The number of allylic oxidation sites excluding steroid dienone is 13. The molecule has 14 rings (SSSR count). The van der Waals surface area contributed by atoms with Gasteiger partial charge in [0, 0.05) is 52.4 Å². The van der Waals surface area contributed by atoms with Gasteiger partial charge in [-0.1, -0.05) is 104 Å². The second-order valence-electron chi connectivity index (χ2n) is 19.9. The molecule has 0 saturated heterocycles. The Hall–Kier alpha value is -6.12. The maximum absolute atomic E-state index is 6.82. The minimum atomic E-state index is -0.156. The molecular weight excluding hydrogens is 801 g/mol. The lowest BCUT2D eigenvalue weighted by Crippen LogP contribution is -2.58. The van der Waals surface area contributed by atoms with Crippen LogP contribution in [0.5, 0.6) is 5.75 Å². The topological polar surface area (TPSA) is 75.9 Å². The average molecular weight is 857 g/mol. The molecule has 11 aliphatic rings. The number of hydrogen-bond acceptors (Lipinski definition) is 7. The molecule has 0 fully saturated rings. The molecule has 65 heavy (non-hydrogen) atoms. The van der Waals surface area contributed by atoms with Gasteiger partial charge in [0.25, 0.3) is 0 Å². The highest BCUT2D eigenvalue weighted by Crippen LogP contribution is 2.56. The van der Waals surface area contributed by atoms with Crippen molar-refractivity contribution in [2.75, 3.05) is 4.90 Å². The molecule has 2 N–H and O–H groups in total. The second kappa shape index (κ2) is 15.0. The van der Waals surface area contributed by atoms with Crippen LogP contribution in [0, 0.1) is 23.7 Å². The maximum atomic E-state index is 6.82. The first kappa shape index (κ1) is 38.2. The zero-order valence-corrected chi connectivity index (χ0v) is 37.1. The summed E-state index contributed by atoms with van der Waals surface area (Å²) in [6.45, 7) is 2.38. The first-order chi connectivity index (χ1) is 32.2. The Labute approximate surface area is 381 Å². The van der Waals surface area contributed by atoms with E-state index in [1.54, 1.807) is 0 Å². The van der Waals surface area contributed by atoms with Crippen molar-refractivity contribution in [2.24, 2.45) is 28.7 Å². The van der Waals surface area contributed by atoms with Gasteiger partial charge in [-0.3, -0.25) is 9.88 Å². The highest BCUT2D eigenvalue weighted by molar-refractivity contribution is 6.03. The van der Waals surface area contributed by atoms with Gasteiger partial charge in [0.2, 0.25) is 0 Å². The number of hydrogen-bond donors (Lipinski definition) is 2. The predicted octanol–water partition coefficient (Wildman–Crippen LogP) is 9.26. The minimum Gasteiger partial charge on any atom is -0.493 e. The van der Waals surface area contributed by atoms with Crippen LogP contribution < -0.4 is 30.8 Å². The fourth-order valence-corrected chi connectivity index (χ4v) is 13.4. The Bertz CT molecular complexity index is 3020. The molecule has 0 radical (unpaired) electrons. The van der Waals surface area contributed by atoms with Crippen LogP contribution >= 0.6 is 0 Å². The summed E-state index contributed by atoms with van der Waals surface area (Å²) >= 11 is 0. The van der Waals surface area contributed by atoms with E-state index in [9.17, 15) is 0 Å². The van der Waals surface area contributed by atoms with Crippen molar-refractivity contribution in [3.63, 3.8) is 0 Å². The molecule has 326 valence electrons. The van der Waals surface area contributed by atoms with E-state index in [-0.39, 0.29) is 36.4 Å². The molecule has 3 aromatic rings. The summed E-state index contributed by atoms with van der Waals surface area (Å²) in [6.07, 6.45) is 45.9. The van der Waals surface area contributed by atoms with Gasteiger partial charge in [0.1, 0.15) is 41.5 Å². The lowest BCUT2D eigenvalue weighted by Gasteiger charge is -2.37. The summed E-state index contributed by atoms with van der Waals surface area (Å²) < 4.78 is 16.2. The third-order valence-electron chi connectivity index (χ3n) is 16.3. The number of aliphatic imine (C=N–C) groups is 1. The van der Waals surface area contributed by atoms with Gasteiger partial charge in [-0.05, 0) is 110 Å². The molecule has 6 heterocycles. The number of pyridine rings is 1. The second-order valence-corrected chi connectivity index (χ2v) is 19.9. The lowest BCUT2D eigenvalue weighted by atomic mass is 9.75. The Morgan fingerprint density at radius 2 is 1.77 bits per heavy atom. The number of nitrogens with zero attached hydrogens (tertiary/aromatic N) is 4. The van der Waals surface area contributed by atoms with Crippen molar-refractivity contribution < 1.29 is 9.47 Å². The Balaban J connectivity index is 0.989. The van der Waals surface area contributed by atoms with Gasteiger partial charge in [0.05, 0.1) is 34.9 Å². The first-order valence-electron chi connectivity index (χ1n) is 24.6. The van der Waals surface area contributed by atoms with E-state index >= 15 is 0 Å². The van der Waals surface area contributed by atoms with Crippen LogP contribution in [0.4, 0.5) is 5.69 Å². The number of benzene rings is 1. The zero-order chi connectivity index (χ0) is 42.8. The summed E-state index contributed by atoms with van der Waals surface area (Å²) in [5.74, 6) is 5.52. The molecular formula is C57H56N6O2. The maximum Gasteiger partial charge on any atom is 0.148 e. The molecule has 9 unspecified atom stereocenters. The highest BCUT2D eigenvalue weighted by atomic mass is 16.5. The molecule has 0 bridgehead atoms. The van der Waals surface area contributed by atoms with E-state index in [0.29, 0.717) is 17.8 Å². The number of nitrogens with one attached hydrogen (secondary N) is 2. The van der Waals surface area contributed by atoms with Crippen LogP contribution in [0.1, 0.15) is 99.4 Å². The number of anilines is 1. The van der Waals surface area contributed by atoms with E-state index in [1.165, 1.54) is 61.3 Å². The summed E-state index contributed by atoms with van der Waals surface area (Å²) in [5, 5.41) is 10.6. The van der Waals surface area contributed by atoms with Gasteiger partial charge in [-0.2, -0.15) is 0 Å². The molecule has 0 amide bonds. The molecule has 0 saturated carbocycles. The summed E-state index contributed by atoms with van der Waals surface area (Å²) in [6, 6.07) is 11.2. The molecule has 4 aliphatic heterocycles. The number of fused-ring (bicyclic) bond motifs is 12. The van der Waals surface area contributed by atoms with Crippen molar-refractivity contribution in [2.45, 2.75) is 108 Å². The molecule has 9 atom stereocenters. The van der Waals surface area contributed by atoms with Crippen molar-refractivity contribution in [1.29, 1.82) is 0 Å². The van der Waals surface area contributed by atoms with E-state index < -0.39 is 0 Å².